The molecule has 0 aliphatic carbocycles. The van der Waals surface area contributed by atoms with Gasteiger partial charge in [-0.1, -0.05) is 0 Å². The smallest absolute Gasteiger partial charge is 0.240 e. The van der Waals surface area contributed by atoms with Gasteiger partial charge in [0, 0.05) is 14.1 Å². The van der Waals surface area contributed by atoms with Gasteiger partial charge in [0.25, 0.3) is 0 Å². The van der Waals surface area contributed by atoms with Gasteiger partial charge in [-0.2, -0.15) is 4.98 Å². The normalized spacial score (nSPS) is 10.8. The highest BCUT2D eigenvalue weighted by Gasteiger charge is 2.05. The Balaban J connectivity index is 2.70. The number of hydrogen-bond acceptors (Lipinski definition) is 4. The second-order valence-electron chi connectivity index (χ2n) is 3.51. The summed E-state index contributed by atoms with van der Waals surface area (Å²) in [6.07, 6.45) is 1.92. The quantitative estimate of drug-likeness (QED) is 0.720. The second kappa shape index (κ2) is 2.87. The number of hydrogen-bond donors (Lipinski definition) is 1. The molecule has 0 aliphatic rings. The van der Waals surface area contributed by atoms with E-state index in [0.717, 1.165) is 16.9 Å². The third kappa shape index (κ3) is 1.26. The first-order valence-electron chi connectivity index (χ1n) is 4.38. The lowest BCUT2D eigenvalue weighted by molar-refractivity contribution is 0.949. The molecule has 5 nitrogen and oxygen atoms in total. The SMILES string of the molecule is Cc1cc2nc(N)nn2cc1N(C)C. The van der Waals surface area contributed by atoms with Gasteiger partial charge in [-0.15, -0.1) is 5.10 Å². The number of nitrogen functional groups attached to an aromatic ring is 1. The van der Waals surface area contributed by atoms with E-state index in [-0.39, 0.29) is 0 Å². The Morgan fingerprint density at radius 2 is 2.14 bits per heavy atom. The molecule has 0 amide bonds. The highest BCUT2D eigenvalue weighted by Crippen LogP contribution is 2.18. The Bertz CT molecular complexity index is 471. The zero-order chi connectivity index (χ0) is 10.3. The average Bonchev–Trinajstić information content (AvgIpc) is 2.42. The Labute approximate surface area is 82.2 Å². The van der Waals surface area contributed by atoms with E-state index in [2.05, 4.69) is 10.1 Å². The molecule has 0 saturated carbocycles. The average molecular weight is 191 g/mol. The first-order chi connectivity index (χ1) is 6.58. The van der Waals surface area contributed by atoms with Crippen molar-refractivity contribution in [3.8, 4) is 0 Å². The maximum absolute atomic E-state index is 5.51. The van der Waals surface area contributed by atoms with Crippen molar-refractivity contribution in [1.29, 1.82) is 0 Å². The molecule has 0 aromatic carbocycles. The Kier molecular flexibility index (Phi) is 1.80. The van der Waals surface area contributed by atoms with Gasteiger partial charge >= 0.3 is 0 Å². The third-order valence-electron chi connectivity index (χ3n) is 2.15. The van der Waals surface area contributed by atoms with Gasteiger partial charge in [-0.05, 0) is 18.6 Å². The molecular formula is C9H13N5. The molecule has 5 heteroatoms. The molecule has 2 aromatic heterocycles. The highest BCUT2D eigenvalue weighted by molar-refractivity contribution is 5.57. The first-order valence-corrected chi connectivity index (χ1v) is 4.38. The van der Waals surface area contributed by atoms with E-state index in [4.69, 9.17) is 5.73 Å². The molecule has 0 saturated heterocycles. The van der Waals surface area contributed by atoms with Crippen LogP contribution in [0.4, 0.5) is 11.6 Å². The lowest BCUT2D eigenvalue weighted by Crippen LogP contribution is -2.11. The van der Waals surface area contributed by atoms with Gasteiger partial charge in [0.05, 0.1) is 11.9 Å². The van der Waals surface area contributed by atoms with E-state index < -0.39 is 0 Å². The van der Waals surface area contributed by atoms with E-state index >= 15 is 0 Å². The topological polar surface area (TPSA) is 59.4 Å². The predicted octanol–water partition coefficient (Wildman–Crippen LogP) is 0.686. The van der Waals surface area contributed by atoms with E-state index in [1.165, 1.54) is 0 Å². The van der Waals surface area contributed by atoms with Crippen LogP contribution in [-0.4, -0.2) is 28.7 Å². The summed E-state index contributed by atoms with van der Waals surface area (Å²) in [5.74, 6) is 0.306. The third-order valence-corrected chi connectivity index (χ3v) is 2.15. The molecule has 2 rings (SSSR count). The second-order valence-corrected chi connectivity index (χ2v) is 3.51. The van der Waals surface area contributed by atoms with Crippen LogP contribution in [0.15, 0.2) is 12.3 Å². The molecule has 0 bridgehead atoms. The number of nitrogens with two attached hydrogens (primary N) is 1. The fraction of sp³-hybridized carbons (Fsp3) is 0.333. The van der Waals surface area contributed by atoms with Crippen LogP contribution in [0.5, 0.6) is 0 Å². The molecule has 74 valence electrons. The molecule has 0 unspecified atom stereocenters. The summed E-state index contributed by atoms with van der Waals surface area (Å²) in [4.78, 5) is 6.12. The lowest BCUT2D eigenvalue weighted by atomic mass is 10.2. The van der Waals surface area contributed by atoms with Crippen molar-refractivity contribution in [3.63, 3.8) is 0 Å². The van der Waals surface area contributed by atoms with E-state index in [9.17, 15) is 0 Å². The first kappa shape index (κ1) is 8.80. The van der Waals surface area contributed by atoms with Gasteiger partial charge < -0.3 is 10.6 Å². The molecule has 0 spiro atoms. The van der Waals surface area contributed by atoms with Crippen molar-refractivity contribution >= 4 is 17.3 Å². The van der Waals surface area contributed by atoms with Crippen molar-refractivity contribution in [1.82, 2.24) is 14.6 Å². The van der Waals surface area contributed by atoms with Crippen LogP contribution in [0.1, 0.15) is 5.56 Å². The number of aryl methyl sites for hydroxylation is 1. The molecule has 2 heterocycles. The van der Waals surface area contributed by atoms with Gasteiger partial charge in [-0.25, -0.2) is 4.52 Å². The van der Waals surface area contributed by atoms with E-state index in [1.54, 1.807) is 4.52 Å². The van der Waals surface area contributed by atoms with Gasteiger partial charge in [0.15, 0.2) is 5.65 Å². The summed E-state index contributed by atoms with van der Waals surface area (Å²) >= 11 is 0. The Hall–Kier alpha value is -1.78. The standard InChI is InChI=1S/C9H13N5/c1-6-4-8-11-9(10)12-14(8)5-7(6)13(2)3/h4-5H,1-3H3,(H2,10,12). The molecule has 0 aliphatic heterocycles. The number of fused-ring (bicyclic) bond motifs is 1. The molecule has 0 fully saturated rings. The van der Waals surface area contributed by atoms with Crippen molar-refractivity contribution in [2.75, 3.05) is 24.7 Å². The summed E-state index contributed by atoms with van der Waals surface area (Å²) in [6, 6.07) is 1.97. The zero-order valence-corrected chi connectivity index (χ0v) is 8.52. The molecule has 0 atom stereocenters. The predicted molar refractivity (Wildman–Crippen MR) is 56.5 cm³/mol. The zero-order valence-electron chi connectivity index (χ0n) is 8.52. The number of anilines is 2. The Morgan fingerprint density at radius 1 is 1.43 bits per heavy atom. The van der Waals surface area contributed by atoms with E-state index in [1.807, 2.05) is 38.2 Å². The maximum atomic E-state index is 5.51. The van der Waals surface area contributed by atoms with Gasteiger partial charge in [0.1, 0.15) is 0 Å². The summed E-state index contributed by atoms with van der Waals surface area (Å²) < 4.78 is 1.69. The van der Waals surface area contributed by atoms with Crippen LogP contribution in [0, 0.1) is 6.92 Å². The van der Waals surface area contributed by atoms with Crippen LogP contribution in [0.3, 0.4) is 0 Å². The molecule has 0 radical (unpaired) electrons. The molecule has 2 N–H and O–H groups in total. The minimum absolute atomic E-state index is 0.306. The van der Waals surface area contributed by atoms with E-state index in [0.29, 0.717) is 5.95 Å². The Morgan fingerprint density at radius 3 is 2.79 bits per heavy atom. The van der Waals surface area contributed by atoms with Gasteiger partial charge in [0.2, 0.25) is 5.95 Å². The monoisotopic (exact) mass is 191 g/mol. The number of nitrogens with zero attached hydrogens (tertiary/aromatic N) is 4. The van der Waals surface area contributed by atoms with Crippen molar-refractivity contribution in [2.45, 2.75) is 6.92 Å². The van der Waals surface area contributed by atoms with Crippen LogP contribution < -0.4 is 10.6 Å². The number of aromatic nitrogens is 3. The van der Waals surface area contributed by atoms with Crippen molar-refractivity contribution in [2.24, 2.45) is 0 Å². The van der Waals surface area contributed by atoms with Crippen LogP contribution in [0.25, 0.3) is 5.65 Å². The van der Waals surface area contributed by atoms with Crippen molar-refractivity contribution < 1.29 is 0 Å². The number of rotatable bonds is 1. The van der Waals surface area contributed by atoms with Crippen LogP contribution >= 0.6 is 0 Å². The van der Waals surface area contributed by atoms with Crippen molar-refractivity contribution in [3.05, 3.63) is 17.8 Å². The summed E-state index contributed by atoms with van der Waals surface area (Å²) in [5, 5.41) is 4.05. The molecule has 2 aromatic rings. The largest absolute Gasteiger partial charge is 0.376 e. The van der Waals surface area contributed by atoms with Crippen LogP contribution in [0.2, 0.25) is 0 Å². The molecular weight excluding hydrogens is 178 g/mol. The summed E-state index contributed by atoms with van der Waals surface area (Å²) in [7, 11) is 3.99. The van der Waals surface area contributed by atoms with Gasteiger partial charge in [-0.3, -0.25) is 0 Å². The minimum Gasteiger partial charge on any atom is -0.376 e. The highest BCUT2D eigenvalue weighted by atomic mass is 15.3. The molecule has 14 heavy (non-hydrogen) atoms. The fourth-order valence-corrected chi connectivity index (χ4v) is 1.50. The lowest BCUT2D eigenvalue weighted by Gasteiger charge is -2.14. The minimum atomic E-state index is 0.306. The number of pyridine rings is 1. The summed E-state index contributed by atoms with van der Waals surface area (Å²) in [6.45, 7) is 2.04. The maximum Gasteiger partial charge on any atom is 0.240 e. The summed E-state index contributed by atoms with van der Waals surface area (Å²) in [5.41, 5.74) is 8.57. The fourth-order valence-electron chi connectivity index (χ4n) is 1.50. The van der Waals surface area contributed by atoms with Crippen LogP contribution in [-0.2, 0) is 0 Å².